The number of carboxylic acids is 1. The van der Waals surface area contributed by atoms with E-state index in [1.165, 1.54) is 4.88 Å². The lowest BCUT2D eigenvalue weighted by Gasteiger charge is -2.22. The number of rotatable bonds is 7. The second-order valence-electron chi connectivity index (χ2n) is 5.13. The molecule has 114 valence electrons. The lowest BCUT2D eigenvalue weighted by Crippen LogP contribution is -2.28. The summed E-state index contributed by atoms with van der Waals surface area (Å²) in [5.41, 5.74) is 7.22. The van der Waals surface area contributed by atoms with Gasteiger partial charge in [-0.25, -0.2) is 0 Å². The van der Waals surface area contributed by atoms with Crippen molar-refractivity contribution in [3.05, 3.63) is 28.7 Å². The fraction of sp³-hybridized carbons (Fsp3) is 0.467. The van der Waals surface area contributed by atoms with Crippen molar-refractivity contribution in [2.75, 3.05) is 18.0 Å². The highest BCUT2D eigenvalue weighted by Gasteiger charge is 2.26. The Bertz CT molecular complexity index is 566. The van der Waals surface area contributed by atoms with Crippen LogP contribution in [0, 0.1) is 0 Å². The standard InChI is InChI=1S/C15H20N2O3S/c1-2-8-17(9-7-12(18)19)15-13(14(16)20)10-5-3-4-6-11(10)21-15/h2H,1,3-9H2,(H2,16,20)(H,18,19). The Morgan fingerprint density at radius 1 is 1.38 bits per heavy atom. The van der Waals surface area contributed by atoms with E-state index in [-0.39, 0.29) is 6.42 Å². The van der Waals surface area contributed by atoms with E-state index >= 15 is 0 Å². The molecule has 5 nitrogen and oxygen atoms in total. The van der Waals surface area contributed by atoms with E-state index in [2.05, 4.69) is 6.58 Å². The van der Waals surface area contributed by atoms with Gasteiger partial charge in [0.05, 0.1) is 12.0 Å². The summed E-state index contributed by atoms with van der Waals surface area (Å²) in [5.74, 6) is -1.28. The number of carboxylic acid groups (broad SMARTS) is 1. The van der Waals surface area contributed by atoms with Crippen LogP contribution in [0.3, 0.4) is 0 Å². The zero-order valence-electron chi connectivity index (χ0n) is 11.9. The monoisotopic (exact) mass is 308 g/mol. The van der Waals surface area contributed by atoms with Crippen LogP contribution in [0.25, 0.3) is 0 Å². The largest absolute Gasteiger partial charge is 0.481 e. The molecule has 1 aromatic rings. The van der Waals surface area contributed by atoms with Gasteiger partial charge in [-0.3, -0.25) is 9.59 Å². The molecule has 1 heterocycles. The van der Waals surface area contributed by atoms with Crippen molar-refractivity contribution in [1.29, 1.82) is 0 Å². The summed E-state index contributed by atoms with van der Waals surface area (Å²) in [5, 5.41) is 9.68. The highest BCUT2D eigenvalue weighted by Crippen LogP contribution is 2.40. The Kier molecular flexibility index (Phi) is 5.01. The smallest absolute Gasteiger partial charge is 0.305 e. The van der Waals surface area contributed by atoms with Crippen molar-refractivity contribution < 1.29 is 14.7 Å². The van der Waals surface area contributed by atoms with Gasteiger partial charge in [-0.05, 0) is 31.2 Å². The van der Waals surface area contributed by atoms with Gasteiger partial charge in [-0.2, -0.15) is 0 Å². The predicted molar refractivity (Wildman–Crippen MR) is 84.1 cm³/mol. The summed E-state index contributed by atoms with van der Waals surface area (Å²) in [4.78, 5) is 25.8. The van der Waals surface area contributed by atoms with Crippen LogP contribution in [0.5, 0.6) is 0 Å². The number of carbonyl (C=O) groups excluding carboxylic acids is 1. The first-order chi connectivity index (χ1) is 10.0. The van der Waals surface area contributed by atoms with Gasteiger partial charge in [0.2, 0.25) is 0 Å². The summed E-state index contributed by atoms with van der Waals surface area (Å²) >= 11 is 1.57. The van der Waals surface area contributed by atoms with Gasteiger partial charge in [0.15, 0.2) is 0 Å². The van der Waals surface area contributed by atoms with E-state index < -0.39 is 11.9 Å². The van der Waals surface area contributed by atoms with Gasteiger partial charge >= 0.3 is 5.97 Å². The van der Waals surface area contributed by atoms with Gasteiger partial charge in [-0.1, -0.05) is 6.08 Å². The van der Waals surface area contributed by atoms with Crippen LogP contribution in [-0.4, -0.2) is 30.1 Å². The number of aliphatic carboxylic acids is 1. The van der Waals surface area contributed by atoms with E-state index in [1.807, 2.05) is 4.90 Å². The van der Waals surface area contributed by atoms with E-state index in [1.54, 1.807) is 17.4 Å². The maximum atomic E-state index is 11.9. The maximum Gasteiger partial charge on any atom is 0.305 e. The number of anilines is 1. The van der Waals surface area contributed by atoms with Crippen molar-refractivity contribution in [1.82, 2.24) is 0 Å². The van der Waals surface area contributed by atoms with Crippen molar-refractivity contribution in [3.8, 4) is 0 Å². The highest BCUT2D eigenvalue weighted by atomic mass is 32.1. The number of carbonyl (C=O) groups is 2. The molecule has 0 radical (unpaired) electrons. The maximum absolute atomic E-state index is 11.9. The number of primary amides is 1. The number of nitrogens with two attached hydrogens (primary N) is 1. The van der Waals surface area contributed by atoms with Crippen LogP contribution in [0.2, 0.25) is 0 Å². The summed E-state index contributed by atoms with van der Waals surface area (Å²) in [7, 11) is 0. The molecule has 0 saturated heterocycles. The molecule has 0 aromatic carbocycles. The second kappa shape index (κ2) is 6.76. The molecule has 0 unspecified atom stereocenters. The third-order valence-corrected chi connectivity index (χ3v) is 4.98. The summed E-state index contributed by atoms with van der Waals surface area (Å²) < 4.78 is 0. The van der Waals surface area contributed by atoms with Crippen LogP contribution < -0.4 is 10.6 Å². The molecule has 6 heteroatoms. The Morgan fingerprint density at radius 2 is 2.10 bits per heavy atom. The SMILES string of the molecule is C=CCN(CCC(=O)O)c1sc2c(c1C(N)=O)CCCC2. The van der Waals surface area contributed by atoms with Crippen LogP contribution >= 0.6 is 11.3 Å². The molecular weight excluding hydrogens is 288 g/mol. The minimum absolute atomic E-state index is 0.0224. The number of aryl methyl sites for hydroxylation is 1. The second-order valence-corrected chi connectivity index (χ2v) is 6.22. The van der Waals surface area contributed by atoms with Gasteiger partial charge < -0.3 is 15.7 Å². The van der Waals surface area contributed by atoms with Gasteiger partial charge in [0.25, 0.3) is 5.91 Å². The van der Waals surface area contributed by atoms with Crippen molar-refractivity contribution in [2.45, 2.75) is 32.1 Å². The quantitative estimate of drug-likeness (QED) is 0.756. The zero-order chi connectivity index (χ0) is 15.4. The molecule has 21 heavy (non-hydrogen) atoms. The third-order valence-electron chi connectivity index (χ3n) is 3.63. The molecule has 2 rings (SSSR count). The van der Waals surface area contributed by atoms with E-state index in [0.29, 0.717) is 18.7 Å². The van der Waals surface area contributed by atoms with Crippen LogP contribution in [-0.2, 0) is 17.6 Å². The first-order valence-electron chi connectivity index (χ1n) is 7.06. The molecule has 0 bridgehead atoms. The van der Waals surface area contributed by atoms with Crippen molar-refractivity contribution >= 4 is 28.2 Å². The van der Waals surface area contributed by atoms with Crippen molar-refractivity contribution in [3.63, 3.8) is 0 Å². The van der Waals surface area contributed by atoms with E-state index in [9.17, 15) is 9.59 Å². The first-order valence-corrected chi connectivity index (χ1v) is 7.88. The van der Waals surface area contributed by atoms with E-state index in [4.69, 9.17) is 10.8 Å². The molecule has 0 spiro atoms. The Morgan fingerprint density at radius 3 is 2.71 bits per heavy atom. The normalized spacial score (nSPS) is 13.5. The van der Waals surface area contributed by atoms with Gasteiger partial charge in [0.1, 0.15) is 5.00 Å². The molecule has 1 aromatic heterocycles. The molecule has 1 aliphatic carbocycles. The van der Waals surface area contributed by atoms with Gasteiger partial charge in [0, 0.05) is 18.0 Å². The average molecular weight is 308 g/mol. The number of hydrogen-bond donors (Lipinski definition) is 2. The van der Waals surface area contributed by atoms with Crippen LogP contribution in [0.15, 0.2) is 12.7 Å². The Hall–Kier alpha value is -1.82. The molecule has 0 aliphatic heterocycles. The Labute approximate surface area is 128 Å². The lowest BCUT2D eigenvalue weighted by molar-refractivity contribution is -0.136. The minimum atomic E-state index is -0.856. The van der Waals surface area contributed by atoms with Crippen LogP contribution in [0.1, 0.15) is 40.1 Å². The fourth-order valence-corrected chi connectivity index (χ4v) is 4.12. The number of nitrogens with zero attached hydrogens (tertiary/aromatic N) is 1. The van der Waals surface area contributed by atoms with E-state index in [0.717, 1.165) is 36.2 Å². The molecule has 0 atom stereocenters. The third kappa shape index (κ3) is 3.44. The summed E-state index contributed by atoms with van der Waals surface area (Å²) in [6.45, 7) is 4.56. The summed E-state index contributed by atoms with van der Waals surface area (Å²) in [6.07, 6.45) is 5.79. The molecule has 1 amide bonds. The number of hydrogen-bond acceptors (Lipinski definition) is 4. The Balaban J connectivity index is 2.38. The molecule has 0 saturated carbocycles. The number of amides is 1. The summed E-state index contributed by atoms with van der Waals surface area (Å²) in [6, 6.07) is 0. The van der Waals surface area contributed by atoms with Crippen molar-refractivity contribution in [2.24, 2.45) is 5.73 Å². The topological polar surface area (TPSA) is 83.6 Å². The molecular formula is C15H20N2O3S. The minimum Gasteiger partial charge on any atom is -0.481 e. The first kappa shape index (κ1) is 15.6. The number of fused-ring (bicyclic) bond motifs is 1. The zero-order valence-corrected chi connectivity index (χ0v) is 12.7. The predicted octanol–water partition coefficient (Wildman–Crippen LogP) is 2.19. The molecule has 3 N–H and O–H groups in total. The highest BCUT2D eigenvalue weighted by molar-refractivity contribution is 7.16. The molecule has 1 aliphatic rings. The fourth-order valence-electron chi connectivity index (χ4n) is 2.69. The van der Waals surface area contributed by atoms with Gasteiger partial charge in [-0.15, -0.1) is 17.9 Å². The average Bonchev–Trinajstić information content (AvgIpc) is 2.82. The lowest BCUT2D eigenvalue weighted by atomic mass is 9.95. The number of thiophene rings is 1. The molecule has 0 fully saturated rings. The van der Waals surface area contributed by atoms with Crippen LogP contribution in [0.4, 0.5) is 5.00 Å².